The van der Waals surface area contributed by atoms with Crippen LogP contribution in [-0.4, -0.2) is 9.97 Å². The molecular formula is C27H18BrClN4. The minimum absolute atomic E-state index is 0.404. The first-order chi connectivity index (χ1) is 15.8. The zero-order valence-corrected chi connectivity index (χ0v) is 20.3. The number of pyridine rings is 2. The molecule has 2 aromatic heterocycles. The zero-order valence-electron chi connectivity index (χ0n) is 18.0. The summed E-state index contributed by atoms with van der Waals surface area (Å²) in [6.45, 7) is 11.5. The molecule has 2 aromatic carbocycles. The molecule has 0 aliphatic carbocycles. The molecule has 0 bridgehead atoms. The van der Waals surface area contributed by atoms with E-state index in [1.807, 2.05) is 60.7 Å². The van der Waals surface area contributed by atoms with Crippen molar-refractivity contribution in [2.45, 2.75) is 19.3 Å². The van der Waals surface area contributed by atoms with E-state index in [0.717, 1.165) is 38.4 Å². The lowest BCUT2D eigenvalue weighted by Crippen LogP contribution is -2.22. The lowest BCUT2D eigenvalue weighted by atomic mass is 9.84. The molecule has 0 aliphatic heterocycles. The van der Waals surface area contributed by atoms with E-state index >= 15 is 0 Å². The molecule has 160 valence electrons. The van der Waals surface area contributed by atoms with Crippen LogP contribution in [0.1, 0.15) is 30.8 Å². The topological polar surface area (TPSA) is 53.9 Å². The average Bonchev–Trinajstić information content (AvgIpc) is 2.85. The standard InChI is InChI=1S/C27H18BrClN4/c1-27(2,25-8-4-6-22(32-25)17-10-12-20(28)19(14-17)16-30)26-9-5-7-23(33-26)18-11-13-21(29)24(15-18)31-3/h4-15H,1-2H3. The van der Waals surface area contributed by atoms with Crippen molar-refractivity contribution in [2.75, 3.05) is 0 Å². The highest BCUT2D eigenvalue weighted by Crippen LogP contribution is 2.34. The second-order valence-corrected chi connectivity index (χ2v) is 9.29. The van der Waals surface area contributed by atoms with E-state index in [2.05, 4.69) is 40.7 Å². The summed E-state index contributed by atoms with van der Waals surface area (Å²) >= 11 is 9.50. The Morgan fingerprint density at radius 3 is 2.06 bits per heavy atom. The van der Waals surface area contributed by atoms with Gasteiger partial charge in [0.2, 0.25) is 5.69 Å². The second kappa shape index (κ2) is 9.16. The van der Waals surface area contributed by atoms with Gasteiger partial charge in [0.25, 0.3) is 0 Å². The smallest absolute Gasteiger partial charge is 0.206 e. The summed E-state index contributed by atoms with van der Waals surface area (Å²) in [5.74, 6) is 0. The third-order valence-electron chi connectivity index (χ3n) is 5.52. The molecule has 0 amide bonds. The van der Waals surface area contributed by atoms with Crippen molar-refractivity contribution < 1.29 is 0 Å². The molecule has 0 radical (unpaired) electrons. The van der Waals surface area contributed by atoms with Crippen molar-refractivity contribution in [3.05, 3.63) is 111 Å². The lowest BCUT2D eigenvalue weighted by Gasteiger charge is -2.25. The van der Waals surface area contributed by atoms with Gasteiger partial charge < -0.3 is 0 Å². The average molecular weight is 514 g/mol. The minimum Gasteiger partial charge on any atom is -0.252 e. The first kappa shape index (κ1) is 22.7. The van der Waals surface area contributed by atoms with Gasteiger partial charge in [-0.2, -0.15) is 5.26 Å². The van der Waals surface area contributed by atoms with Crippen LogP contribution in [0, 0.1) is 17.9 Å². The summed E-state index contributed by atoms with van der Waals surface area (Å²) in [5.41, 5.74) is 5.49. The third kappa shape index (κ3) is 4.52. The van der Waals surface area contributed by atoms with E-state index in [1.165, 1.54) is 0 Å². The van der Waals surface area contributed by atoms with Crippen LogP contribution in [0.4, 0.5) is 5.69 Å². The Hall–Kier alpha value is -3.51. The maximum absolute atomic E-state index is 9.36. The van der Waals surface area contributed by atoms with E-state index in [1.54, 1.807) is 12.1 Å². The molecule has 4 rings (SSSR count). The Morgan fingerprint density at radius 2 is 1.48 bits per heavy atom. The molecule has 0 fully saturated rings. The summed E-state index contributed by atoms with van der Waals surface area (Å²) in [4.78, 5) is 13.3. The maximum Gasteiger partial charge on any atom is 0.206 e. The van der Waals surface area contributed by atoms with Crippen LogP contribution in [0.15, 0.2) is 77.3 Å². The predicted octanol–water partition coefficient (Wildman–Crippen LogP) is 7.97. The summed E-state index contributed by atoms with van der Waals surface area (Å²) in [5, 5.41) is 9.79. The highest BCUT2D eigenvalue weighted by Gasteiger charge is 2.27. The van der Waals surface area contributed by atoms with Crippen LogP contribution >= 0.6 is 27.5 Å². The third-order valence-corrected chi connectivity index (χ3v) is 6.53. The second-order valence-electron chi connectivity index (χ2n) is 8.03. The van der Waals surface area contributed by atoms with Crippen molar-refractivity contribution in [1.82, 2.24) is 9.97 Å². The van der Waals surface area contributed by atoms with Gasteiger partial charge in [-0.1, -0.05) is 41.9 Å². The Bertz CT molecular complexity index is 1340. The van der Waals surface area contributed by atoms with Crippen LogP contribution in [0.5, 0.6) is 0 Å². The molecule has 0 saturated carbocycles. The largest absolute Gasteiger partial charge is 0.252 e. The molecular weight excluding hydrogens is 496 g/mol. The lowest BCUT2D eigenvalue weighted by molar-refractivity contribution is 0.597. The SMILES string of the molecule is [C-]#[N+]c1cc(-c2cccc(C(C)(C)c3cccc(-c4ccc(Br)c(C#N)c4)n3)n2)ccc1Cl. The van der Waals surface area contributed by atoms with E-state index in [0.29, 0.717) is 16.3 Å². The van der Waals surface area contributed by atoms with Crippen LogP contribution in [0.2, 0.25) is 5.02 Å². The molecule has 2 heterocycles. The number of hydrogen-bond donors (Lipinski definition) is 0. The van der Waals surface area contributed by atoms with E-state index in [9.17, 15) is 5.26 Å². The fourth-order valence-electron chi connectivity index (χ4n) is 3.55. The minimum atomic E-state index is -0.478. The Balaban J connectivity index is 1.74. The van der Waals surface area contributed by atoms with E-state index < -0.39 is 5.41 Å². The van der Waals surface area contributed by atoms with Gasteiger partial charge in [0.15, 0.2) is 0 Å². The normalized spacial score (nSPS) is 11.0. The Kier molecular flexibility index (Phi) is 6.29. The molecule has 0 atom stereocenters. The van der Waals surface area contributed by atoms with Gasteiger partial charge in [-0.05, 0) is 77.8 Å². The van der Waals surface area contributed by atoms with Crippen LogP contribution in [-0.2, 0) is 5.41 Å². The first-order valence-corrected chi connectivity index (χ1v) is 11.3. The number of nitrogens with zero attached hydrogens (tertiary/aromatic N) is 4. The number of aromatic nitrogens is 2. The summed E-state index contributed by atoms with van der Waals surface area (Å²) in [6, 6.07) is 25.0. The van der Waals surface area contributed by atoms with Crippen molar-refractivity contribution >= 4 is 33.2 Å². The van der Waals surface area contributed by atoms with Gasteiger partial charge in [0, 0.05) is 20.5 Å². The van der Waals surface area contributed by atoms with Crippen LogP contribution in [0.25, 0.3) is 27.4 Å². The van der Waals surface area contributed by atoms with Gasteiger partial charge in [0.05, 0.1) is 34.9 Å². The highest BCUT2D eigenvalue weighted by atomic mass is 79.9. The quantitative estimate of drug-likeness (QED) is 0.260. The Morgan fingerprint density at radius 1 is 0.909 bits per heavy atom. The highest BCUT2D eigenvalue weighted by molar-refractivity contribution is 9.10. The van der Waals surface area contributed by atoms with Gasteiger partial charge in [0.1, 0.15) is 6.07 Å². The monoisotopic (exact) mass is 512 g/mol. The molecule has 0 spiro atoms. The molecule has 4 aromatic rings. The number of benzene rings is 2. The summed E-state index contributed by atoms with van der Waals surface area (Å²) in [6.07, 6.45) is 0. The van der Waals surface area contributed by atoms with Crippen molar-refractivity contribution in [3.63, 3.8) is 0 Å². The molecule has 4 nitrogen and oxygen atoms in total. The molecule has 0 aliphatic rings. The molecule has 33 heavy (non-hydrogen) atoms. The number of halogens is 2. The number of rotatable bonds is 4. The van der Waals surface area contributed by atoms with Crippen LogP contribution < -0.4 is 0 Å². The predicted molar refractivity (Wildman–Crippen MR) is 135 cm³/mol. The number of hydrogen-bond acceptors (Lipinski definition) is 3. The number of nitriles is 1. The Labute approximate surface area is 206 Å². The summed E-state index contributed by atoms with van der Waals surface area (Å²) < 4.78 is 0.759. The maximum atomic E-state index is 9.36. The molecule has 0 N–H and O–H groups in total. The molecule has 6 heteroatoms. The van der Waals surface area contributed by atoms with Gasteiger partial charge in [-0.15, -0.1) is 0 Å². The van der Waals surface area contributed by atoms with Crippen LogP contribution in [0.3, 0.4) is 0 Å². The van der Waals surface area contributed by atoms with Crippen molar-refractivity contribution in [2.24, 2.45) is 0 Å². The first-order valence-electron chi connectivity index (χ1n) is 10.2. The van der Waals surface area contributed by atoms with Gasteiger partial charge in [-0.25, -0.2) is 4.85 Å². The zero-order chi connectivity index (χ0) is 23.6. The summed E-state index contributed by atoms with van der Waals surface area (Å²) in [7, 11) is 0. The van der Waals surface area contributed by atoms with Crippen molar-refractivity contribution in [1.29, 1.82) is 5.26 Å². The fourth-order valence-corrected chi connectivity index (χ4v) is 4.04. The molecule has 0 saturated heterocycles. The van der Waals surface area contributed by atoms with Gasteiger partial charge in [-0.3, -0.25) is 9.97 Å². The van der Waals surface area contributed by atoms with Crippen molar-refractivity contribution in [3.8, 4) is 28.6 Å². The molecule has 0 unspecified atom stereocenters. The van der Waals surface area contributed by atoms with E-state index in [-0.39, 0.29) is 0 Å². The van der Waals surface area contributed by atoms with Gasteiger partial charge >= 0.3 is 0 Å². The fraction of sp³-hybridized carbons (Fsp3) is 0.111. The van der Waals surface area contributed by atoms with E-state index in [4.69, 9.17) is 28.1 Å².